The van der Waals surface area contributed by atoms with E-state index in [9.17, 15) is 26.3 Å². The van der Waals surface area contributed by atoms with E-state index in [0.717, 1.165) is 24.3 Å². The summed E-state index contributed by atoms with van der Waals surface area (Å²) in [4.78, 5) is 0. The standard InChI is InChI=1S/C20H14F6N2/c21-19(22,23)13-5-9-15(10-6-13)27-17-3-1-2-4-18(17)28-16-11-7-14(8-12-16)20(24,25)26/h1-12,27-28H. The normalized spacial score (nSPS) is 11.9. The van der Waals surface area contributed by atoms with Crippen LogP contribution in [-0.4, -0.2) is 0 Å². The Morgan fingerprint density at radius 3 is 1.07 bits per heavy atom. The van der Waals surface area contributed by atoms with E-state index in [2.05, 4.69) is 10.6 Å². The molecule has 0 spiro atoms. The highest BCUT2D eigenvalue weighted by Crippen LogP contribution is 2.33. The van der Waals surface area contributed by atoms with Gasteiger partial charge in [-0.25, -0.2) is 0 Å². The van der Waals surface area contributed by atoms with Gasteiger partial charge in [-0.05, 0) is 60.7 Å². The summed E-state index contributed by atoms with van der Waals surface area (Å²) in [6.45, 7) is 0. The van der Waals surface area contributed by atoms with Crippen LogP contribution in [0.25, 0.3) is 0 Å². The molecule has 8 heteroatoms. The Morgan fingerprint density at radius 1 is 0.464 bits per heavy atom. The summed E-state index contributed by atoms with van der Waals surface area (Å²) < 4.78 is 75.9. The maximum absolute atomic E-state index is 12.7. The first kappa shape index (κ1) is 19.6. The quantitative estimate of drug-likeness (QED) is 0.455. The monoisotopic (exact) mass is 396 g/mol. The fourth-order valence-electron chi connectivity index (χ4n) is 2.50. The third-order valence-electron chi connectivity index (χ3n) is 3.91. The molecule has 0 saturated carbocycles. The Kier molecular flexibility index (Phi) is 5.22. The summed E-state index contributed by atoms with van der Waals surface area (Å²) in [5.41, 5.74) is 0.483. The van der Waals surface area contributed by atoms with E-state index in [1.54, 1.807) is 24.3 Å². The van der Waals surface area contributed by atoms with E-state index in [-0.39, 0.29) is 0 Å². The van der Waals surface area contributed by atoms with E-state index in [4.69, 9.17) is 0 Å². The van der Waals surface area contributed by atoms with Gasteiger partial charge in [0.05, 0.1) is 22.5 Å². The third kappa shape index (κ3) is 4.76. The van der Waals surface area contributed by atoms with Crippen molar-refractivity contribution in [3.63, 3.8) is 0 Å². The van der Waals surface area contributed by atoms with Crippen LogP contribution in [0.1, 0.15) is 11.1 Å². The molecular formula is C20H14F6N2. The molecule has 0 amide bonds. The van der Waals surface area contributed by atoms with Crippen molar-refractivity contribution in [1.29, 1.82) is 0 Å². The number of alkyl halides is 6. The zero-order chi connectivity index (χ0) is 20.4. The summed E-state index contributed by atoms with van der Waals surface area (Å²) in [6, 6.07) is 15.9. The van der Waals surface area contributed by atoms with Crippen LogP contribution in [0.3, 0.4) is 0 Å². The second kappa shape index (κ2) is 7.46. The number of nitrogens with one attached hydrogen (secondary N) is 2. The molecule has 3 aromatic rings. The average molecular weight is 396 g/mol. The maximum Gasteiger partial charge on any atom is 0.416 e. The van der Waals surface area contributed by atoms with Crippen molar-refractivity contribution in [3.8, 4) is 0 Å². The van der Waals surface area contributed by atoms with Crippen LogP contribution >= 0.6 is 0 Å². The smallest absolute Gasteiger partial charge is 0.354 e. The van der Waals surface area contributed by atoms with Crippen molar-refractivity contribution < 1.29 is 26.3 Å². The zero-order valence-electron chi connectivity index (χ0n) is 14.2. The number of rotatable bonds is 4. The van der Waals surface area contributed by atoms with Crippen LogP contribution in [0.15, 0.2) is 72.8 Å². The Labute approximate surface area is 156 Å². The molecule has 0 heterocycles. The molecule has 3 rings (SSSR count). The fourth-order valence-corrected chi connectivity index (χ4v) is 2.50. The van der Waals surface area contributed by atoms with Crippen LogP contribution in [0, 0.1) is 0 Å². The second-order valence-electron chi connectivity index (χ2n) is 5.95. The average Bonchev–Trinajstić information content (AvgIpc) is 2.63. The lowest BCUT2D eigenvalue weighted by molar-refractivity contribution is -0.138. The Bertz CT molecular complexity index is 850. The van der Waals surface area contributed by atoms with E-state index < -0.39 is 23.5 Å². The summed E-state index contributed by atoms with van der Waals surface area (Å²) >= 11 is 0. The highest BCUT2D eigenvalue weighted by molar-refractivity contribution is 5.78. The Hall–Kier alpha value is -3.16. The van der Waals surface area contributed by atoms with Crippen LogP contribution in [-0.2, 0) is 12.4 Å². The van der Waals surface area contributed by atoms with Gasteiger partial charge in [-0.2, -0.15) is 26.3 Å². The van der Waals surface area contributed by atoms with Crippen molar-refractivity contribution in [2.24, 2.45) is 0 Å². The van der Waals surface area contributed by atoms with Gasteiger partial charge in [0.15, 0.2) is 0 Å². The second-order valence-corrected chi connectivity index (χ2v) is 5.95. The molecule has 146 valence electrons. The minimum atomic E-state index is -4.42. The SMILES string of the molecule is FC(F)(F)c1ccc(Nc2ccccc2Nc2ccc(C(F)(F)F)cc2)cc1. The van der Waals surface area contributed by atoms with Crippen LogP contribution < -0.4 is 10.6 Å². The van der Waals surface area contributed by atoms with Gasteiger partial charge in [0.2, 0.25) is 0 Å². The predicted octanol–water partition coefficient (Wildman–Crippen LogP) is 7.21. The fraction of sp³-hybridized carbons (Fsp3) is 0.100. The van der Waals surface area contributed by atoms with Crippen molar-refractivity contribution in [3.05, 3.63) is 83.9 Å². The highest BCUT2D eigenvalue weighted by Gasteiger charge is 2.30. The minimum absolute atomic E-state index is 0.440. The lowest BCUT2D eigenvalue weighted by Gasteiger charge is -2.15. The van der Waals surface area contributed by atoms with Crippen LogP contribution in [0.5, 0.6) is 0 Å². The van der Waals surface area contributed by atoms with E-state index >= 15 is 0 Å². The highest BCUT2D eigenvalue weighted by atomic mass is 19.4. The number of benzene rings is 3. The lowest BCUT2D eigenvalue weighted by Crippen LogP contribution is -2.05. The first-order valence-corrected chi connectivity index (χ1v) is 8.10. The Balaban J connectivity index is 1.78. The number of hydrogen-bond acceptors (Lipinski definition) is 2. The van der Waals surface area contributed by atoms with Gasteiger partial charge >= 0.3 is 12.4 Å². The molecule has 0 aliphatic heterocycles. The molecule has 0 aliphatic rings. The lowest BCUT2D eigenvalue weighted by atomic mass is 10.1. The number of hydrogen-bond donors (Lipinski definition) is 2. The Morgan fingerprint density at radius 2 is 0.786 bits per heavy atom. The number of para-hydroxylation sites is 2. The topological polar surface area (TPSA) is 24.1 Å². The minimum Gasteiger partial charge on any atom is -0.354 e. The van der Waals surface area contributed by atoms with Crippen molar-refractivity contribution in [2.45, 2.75) is 12.4 Å². The third-order valence-corrected chi connectivity index (χ3v) is 3.91. The van der Waals surface area contributed by atoms with Crippen molar-refractivity contribution in [1.82, 2.24) is 0 Å². The van der Waals surface area contributed by atoms with Crippen LogP contribution in [0.4, 0.5) is 49.1 Å². The van der Waals surface area contributed by atoms with E-state index in [1.807, 2.05) is 0 Å². The van der Waals surface area contributed by atoms with Gasteiger partial charge in [0.1, 0.15) is 0 Å². The molecule has 2 N–H and O–H groups in total. The largest absolute Gasteiger partial charge is 0.416 e. The van der Waals surface area contributed by atoms with Gasteiger partial charge in [-0.3, -0.25) is 0 Å². The molecule has 0 aromatic heterocycles. The van der Waals surface area contributed by atoms with Crippen molar-refractivity contribution in [2.75, 3.05) is 10.6 Å². The van der Waals surface area contributed by atoms with Crippen LogP contribution in [0.2, 0.25) is 0 Å². The van der Waals surface area contributed by atoms with Gasteiger partial charge < -0.3 is 10.6 Å². The molecular weight excluding hydrogens is 382 g/mol. The zero-order valence-corrected chi connectivity index (χ0v) is 14.2. The van der Waals surface area contributed by atoms with E-state index in [1.165, 1.54) is 24.3 Å². The number of halogens is 6. The van der Waals surface area contributed by atoms with Gasteiger partial charge in [-0.1, -0.05) is 12.1 Å². The molecule has 0 aliphatic carbocycles. The summed E-state index contributed by atoms with van der Waals surface area (Å²) in [5.74, 6) is 0. The van der Waals surface area contributed by atoms with Gasteiger partial charge in [0, 0.05) is 11.4 Å². The molecule has 3 aromatic carbocycles. The number of anilines is 4. The van der Waals surface area contributed by atoms with Gasteiger partial charge in [-0.15, -0.1) is 0 Å². The molecule has 0 saturated heterocycles. The molecule has 0 bridgehead atoms. The summed E-state index contributed by atoms with van der Waals surface area (Å²) in [6.07, 6.45) is -8.83. The van der Waals surface area contributed by atoms with E-state index in [0.29, 0.717) is 22.7 Å². The summed E-state index contributed by atoms with van der Waals surface area (Å²) in [5, 5.41) is 5.99. The predicted molar refractivity (Wildman–Crippen MR) is 95.9 cm³/mol. The molecule has 0 radical (unpaired) electrons. The molecule has 2 nitrogen and oxygen atoms in total. The maximum atomic E-state index is 12.7. The van der Waals surface area contributed by atoms with Crippen molar-refractivity contribution >= 4 is 22.7 Å². The van der Waals surface area contributed by atoms with Gasteiger partial charge in [0.25, 0.3) is 0 Å². The first-order valence-electron chi connectivity index (χ1n) is 8.10. The summed E-state index contributed by atoms with van der Waals surface area (Å²) in [7, 11) is 0. The molecule has 0 atom stereocenters. The molecule has 0 fully saturated rings. The first-order chi connectivity index (χ1) is 13.1. The molecule has 28 heavy (non-hydrogen) atoms. The molecule has 0 unspecified atom stereocenters.